The number of ether oxygens (including phenoxy) is 1. The fourth-order valence-electron chi connectivity index (χ4n) is 2.75. The molecule has 2 rings (SSSR count). The molecule has 10 heteroatoms. The Labute approximate surface area is 170 Å². The van der Waals surface area contributed by atoms with Crippen molar-refractivity contribution in [2.75, 3.05) is 7.05 Å². The predicted octanol–water partition coefficient (Wildman–Crippen LogP) is 2.48. The molecule has 0 aliphatic carbocycles. The van der Waals surface area contributed by atoms with E-state index in [9.17, 15) is 23.1 Å². The third-order valence-corrected chi connectivity index (χ3v) is 6.69. The van der Waals surface area contributed by atoms with E-state index in [1.54, 1.807) is 39.8 Å². The first kappa shape index (κ1) is 22.6. The Kier molecular flexibility index (Phi) is 6.19. The Hall–Kier alpha value is -2.72. The highest BCUT2D eigenvalue weighted by molar-refractivity contribution is 7.86. The smallest absolute Gasteiger partial charge is 0.477 e. The van der Waals surface area contributed by atoms with Gasteiger partial charge < -0.3 is 14.8 Å². The molecule has 0 fully saturated rings. The van der Waals surface area contributed by atoms with Crippen LogP contribution in [0.4, 0.5) is 4.79 Å². The third kappa shape index (κ3) is 4.65. The van der Waals surface area contributed by atoms with E-state index in [1.165, 1.54) is 24.7 Å². The van der Waals surface area contributed by atoms with Gasteiger partial charge in [-0.15, -0.1) is 3.89 Å². The summed E-state index contributed by atoms with van der Waals surface area (Å²) in [5.74, 6) is -1.45. The van der Waals surface area contributed by atoms with Crippen LogP contribution in [0.15, 0.2) is 41.7 Å². The zero-order chi connectivity index (χ0) is 22.0. The van der Waals surface area contributed by atoms with Gasteiger partial charge in [0.25, 0.3) is 0 Å². The Bertz CT molecular complexity index is 978. The average molecular weight is 424 g/mol. The molecule has 1 heterocycles. The number of carbonyl (C=O) groups excluding carboxylic acids is 1. The lowest BCUT2D eigenvalue weighted by atomic mass is 10.1. The number of carboxylic acids is 1. The molecule has 0 saturated carbocycles. The van der Waals surface area contributed by atoms with Gasteiger partial charge in [-0.3, -0.25) is 0 Å². The van der Waals surface area contributed by atoms with Crippen LogP contribution in [0.5, 0.6) is 0 Å². The summed E-state index contributed by atoms with van der Waals surface area (Å²) >= 11 is 0. The Morgan fingerprint density at radius 1 is 1.24 bits per heavy atom. The first-order valence-electron chi connectivity index (χ1n) is 8.90. The zero-order valence-electron chi connectivity index (χ0n) is 17.0. The predicted molar refractivity (Wildman–Crippen MR) is 104 cm³/mol. The number of nitrogens with zero attached hydrogens (tertiary/aromatic N) is 2. The molecule has 2 aromatic rings. The molecule has 1 aromatic carbocycles. The van der Waals surface area contributed by atoms with Crippen molar-refractivity contribution in [2.45, 2.75) is 50.7 Å². The Balaban J connectivity index is 2.67. The monoisotopic (exact) mass is 424 g/mol. The fraction of sp³-hybridized carbons (Fsp3) is 0.421. The van der Waals surface area contributed by atoms with Crippen LogP contribution in [-0.2, 0) is 26.0 Å². The molecule has 158 valence electrons. The van der Waals surface area contributed by atoms with Gasteiger partial charge in [0.2, 0.25) is 6.04 Å². The maximum Gasteiger partial charge on any atom is 0.533 e. The number of carboxylic acid groups (broad SMARTS) is 1. The van der Waals surface area contributed by atoms with E-state index >= 15 is 0 Å². The van der Waals surface area contributed by atoms with E-state index in [-0.39, 0.29) is 11.3 Å². The van der Waals surface area contributed by atoms with E-state index in [4.69, 9.17) is 4.74 Å². The number of hydrogen-bond donors (Lipinski definition) is 2. The Morgan fingerprint density at radius 2 is 1.83 bits per heavy atom. The largest absolute Gasteiger partial charge is 0.533 e. The SMILES string of the molecule is Cc1ccc(S(=O)(=O)[N+](C)(C(=O)OC(C)(C)C)[C@@H](Cc2cnc[nH]2)C(=O)O)cc1. The van der Waals surface area contributed by atoms with E-state index in [2.05, 4.69) is 9.97 Å². The van der Waals surface area contributed by atoms with Gasteiger partial charge in [0.15, 0.2) is 0 Å². The second-order valence-corrected chi connectivity index (χ2v) is 10.1. The van der Waals surface area contributed by atoms with Crippen LogP contribution in [0, 0.1) is 6.92 Å². The van der Waals surface area contributed by atoms with Crippen molar-refractivity contribution >= 4 is 22.1 Å². The van der Waals surface area contributed by atoms with Crippen LogP contribution in [0.1, 0.15) is 32.0 Å². The summed E-state index contributed by atoms with van der Waals surface area (Å²) in [6.45, 7) is 6.53. The molecule has 0 radical (unpaired) electrons. The summed E-state index contributed by atoms with van der Waals surface area (Å²) in [6.07, 6.45) is 1.29. The molecule has 0 aliphatic rings. The molecule has 0 spiro atoms. The number of aromatic amines is 1. The quantitative estimate of drug-likeness (QED) is 0.682. The molecule has 1 unspecified atom stereocenters. The molecular formula is C19H26N3O6S+. The van der Waals surface area contributed by atoms with Crippen molar-refractivity contribution in [2.24, 2.45) is 0 Å². The van der Waals surface area contributed by atoms with Gasteiger partial charge in [-0.2, -0.15) is 13.2 Å². The number of benzene rings is 1. The summed E-state index contributed by atoms with van der Waals surface area (Å²) in [7, 11) is -3.43. The van der Waals surface area contributed by atoms with E-state index in [0.717, 1.165) is 12.6 Å². The topological polar surface area (TPSA) is 126 Å². The molecule has 0 bridgehead atoms. The molecular weight excluding hydrogens is 398 g/mol. The lowest BCUT2D eigenvalue weighted by Crippen LogP contribution is -2.64. The van der Waals surface area contributed by atoms with E-state index < -0.39 is 37.6 Å². The van der Waals surface area contributed by atoms with Gasteiger partial charge in [-0.1, -0.05) is 17.7 Å². The van der Waals surface area contributed by atoms with Gasteiger partial charge in [0.05, 0.1) is 19.8 Å². The molecule has 2 N–H and O–H groups in total. The zero-order valence-corrected chi connectivity index (χ0v) is 17.9. The van der Waals surface area contributed by atoms with Gasteiger partial charge in [-0.25, -0.2) is 9.78 Å². The Morgan fingerprint density at radius 3 is 2.28 bits per heavy atom. The van der Waals surface area contributed by atoms with Crippen molar-refractivity contribution in [3.8, 4) is 0 Å². The summed E-state index contributed by atoms with van der Waals surface area (Å²) in [6, 6.07) is 4.19. The number of aliphatic carboxylic acids is 1. The number of H-pyrrole nitrogens is 1. The van der Waals surface area contributed by atoms with E-state index in [0.29, 0.717) is 5.69 Å². The van der Waals surface area contributed by atoms with Gasteiger partial charge in [0, 0.05) is 11.9 Å². The second kappa shape index (κ2) is 7.96. The number of aryl methyl sites for hydroxylation is 1. The fourth-order valence-corrected chi connectivity index (χ4v) is 4.40. The number of quaternary nitrogens is 1. The molecule has 29 heavy (non-hydrogen) atoms. The molecule has 0 saturated heterocycles. The van der Waals surface area contributed by atoms with E-state index in [1.807, 2.05) is 0 Å². The van der Waals surface area contributed by atoms with Crippen molar-refractivity contribution in [3.63, 3.8) is 0 Å². The number of sulfonamides is 1. The van der Waals surface area contributed by atoms with Gasteiger partial charge in [-0.05, 0) is 39.8 Å². The summed E-state index contributed by atoms with van der Waals surface area (Å²) in [4.78, 5) is 31.7. The lowest BCUT2D eigenvalue weighted by molar-refractivity contribution is -0.730. The minimum atomic E-state index is -4.49. The van der Waals surface area contributed by atoms with Gasteiger partial charge in [0.1, 0.15) is 10.5 Å². The van der Waals surface area contributed by atoms with Crippen LogP contribution in [0.2, 0.25) is 0 Å². The van der Waals surface area contributed by atoms with Crippen LogP contribution in [-0.4, -0.2) is 58.1 Å². The van der Waals surface area contributed by atoms with Crippen molar-refractivity contribution in [3.05, 3.63) is 48.0 Å². The van der Waals surface area contributed by atoms with Crippen molar-refractivity contribution in [1.29, 1.82) is 0 Å². The minimum Gasteiger partial charge on any atom is -0.477 e. The van der Waals surface area contributed by atoms with Crippen LogP contribution < -0.4 is 0 Å². The third-order valence-electron chi connectivity index (χ3n) is 4.42. The number of amides is 1. The average Bonchev–Trinajstić information content (AvgIpc) is 3.10. The summed E-state index contributed by atoms with van der Waals surface area (Å²) in [5, 5.41) is 9.89. The lowest BCUT2D eigenvalue weighted by Gasteiger charge is -2.35. The highest BCUT2D eigenvalue weighted by atomic mass is 32.2. The maximum absolute atomic E-state index is 13.5. The highest BCUT2D eigenvalue weighted by Gasteiger charge is 2.58. The molecule has 9 nitrogen and oxygen atoms in total. The molecule has 2 atom stereocenters. The summed E-state index contributed by atoms with van der Waals surface area (Å²) in [5.41, 5.74) is 0.184. The van der Waals surface area contributed by atoms with Crippen LogP contribution in [0.25, 0.3) is 0 Å². The summed E-state index contributed by atoms with van der Waals surface area (Å²) < 4.78 is 31.0. The highest BCUT2D eigenvalue weighted by Crippen LogP contribution is 2.31. The van der Waals surface area contributed by atoms with Crippen molar-refractivity contribution in [1.82, 2.24) is 9.97 Å². The van der Waals surface area contributed by atoms with Crippen molar-refractivity contribution < 1.29 is 31.7 Å². The number of imidazole rings is 1. The first-order chi connectivity index (χ1) is 13.3. The number of aromatic nitrogens is 2. The minimum absolute atomic E-state index is 0.174. The first-order valence-corrected chi connectivity index (χ1v) is 10.3. The van der Waals surface area contributed by atoms with Gasteiger partial charge >= 0.3 is 22.1 Å². The number of carbonyl (C=O) groups is 2. The standard InChI is InChI=1S/C19H25N3O6S/c1-13-6-8-15(9-7-13)29(26,27)22(5,18(25)28-19(2,3)4)16(17(23)24)10-14-11-20-12-21-14/h6-9,11-12,16H,10H2,1-5H3,(H-,20,21,23,24)/p+1/t16-,22?/m0/s1. The molecule has 1 aromatic heterocycles. The molecule has 1 amide bonds. The number of nitrogens with one attached hydrogen (secondary N) is 1. The number of hydrogen-bond acceptors (Lipinski definition) is 6. The number of likely N-dealkylation sites (N-methyl/N-ethyl adjacent to an activating group) is 1. The van der Waals surface area contributed by atoms with Crippen LogP contribution in [0.3, 0.4) is 0 Å². The molecule has 0 aliphatic heterocycles. The number of rotatable bonds is 6. The van der Waals surface area contributed by atoms with Crippen LogP contribution >= 0.6 is 0 Å². The maximum atomic E-state index is 13.5. The second-order valence-electron chi connectivity index (χ2n) is 7.89. The normalized spacial score (nSPS) is 15.3.